The van der Waals surface area contributed by atoms with E-state index in [4.69, 9.17) is 13.5 Å². The standard InChI is InChI=1S/C10H19NO8S2.CH3ClO2S/c1-10(7-19-21(3,16)17)6-11(9(12)13)4-8(10)5-18-20(2,14)15;1-5(2,3)4/h8H,4-7H2,1-3H3,(H,12,13);1H3. The van der Waals surface area contributed by atoms with Gasteiger partial charge in [-0.3, -0.25) is 8.37 Å². The average molecular weight is 460 g/mol. The predicted octanol–water partition coefficient (Wildman–Crippen LogP) is -0.260. The molecule has 26 heavy (non-hydrogen) atoms. The molecule has 2 atom stereocenters. The summed E-state index contributed by atoms with van der Waals surface area (Å²) in [6, 6.07) is 0. The van der Waals surface area contributed by atoms with Gasteiger partial charge in [-0.1, -0.05) is 6.92 Å². The summed E-state index contributed by atoms with van der Waals surface area (Å²) in [7, 11) is -6.04. The van der Waals surface area contributed by atoms with E-state index in [0.29, 0.717) is 0 Å². The van der Waals surface area contributed by atoms with Crippen LogP contribution < -0.4 is 0 Å². The van der Waals surface area contributed by atoms with Crippen molar-refractivity contribution in [3.8, 4) is 0 Å². The van der Waals surface area contributed by atoms with Crippen molar-refractivity contribution in [2.24, 2.45) is 11.3 Å². The molecule has 156 valence electrons. The van der Waals surface area contributed by atoms with Crippen molar-refractivity contribution in [2.75, 3.05) is 45.1 Å². The fraction of sp³-hybridized carbons (Fsp3) is 0.909. The van der Waals surface area contributed by atoms with Crippen molar-refractivity contribution >= 4 is 46.1 Å². The van der Waals surface area contributed by atoms with E-state index in [-0.39, 0.29) is 26.3 Å². The van der Waals surface area contributed by atoms with Gasteiger partial charge in [-0.25, -0.2) is 13.2 Å². The monoisotopic (exact) mass is 459 g/mol. The Morgan fingerprint density at radius 1 is 1.12 bits per heavy atom. The van der Waals surface area contributed by atoms with Gasteiger partial charge in [0.25, 0.3) is 20.2 Å². The van der Waals surface area contributed by atoms with Crippen LogP contribution in [0.25, 0.3) is 0 Å². The Hall–Kier alpha value is -0.670. The number of nitrogens with zero attached hydrogens (tertiary/aromatic N) is 1. The van der Waals surface area contributed by atoms with Gasteiger partial charge in [0.2, 0.25) is 9.05 Å². The Morgan fingerprint density at radius 2 is 1.54 bits per heavy atom. The first-order valence-corrected chi connectivity index (χ1v) is 13.2. The number of halogens is 1. The van der Waals surface area contributed by atoms with E-state index in [1.54, 1.807) is 6.92 Å². The third-order valence-corrected chi connectivity index (χ3v) is 4.45. The smallest absolute Gasteiger partial charge is 0.407 e. The SMILES string of the molecule is CC1(COS(C)(=O)=O)CN(C(=O)O)CC1COS(C)(=O)=O.CS(=O)(=O)Cl. The molecule has 0 radical (unpaired) electrons. The molecule has 2 unspecified atom stereocenters. The van der Waals surface area contributed by atoms with E-state index in [2.05, 4.69) is 10.7 Å². The van der Waals surface area contributed by atoms with Gasteiger partial charge in [-0.05, 0) is 0 Å². The molecule has 1 aliphatic heterocycles. The lowest BCUT2D eigenvalue weighted by atomic mass is 9.81. The largest absolute Gasteiger partial charge is 0.465 e. The van der Waals surface area contributed by atoms with Gasteiger partial charge in [0.15, 0.2) is 0 Å². The van der Waals surface area contributed by atoms with Gasteiger partial charge in [0, 0.05) is 35.1 Å². The molecule has 1 aliphatic rings. The second kappa shape index (κ2) is 9.01. The maximum absolute atomic E-state index is 11.1. The fourth-order valence-electron chi connectivity index (χ4n) is 2.13. The zero-order chi connectivity index (χ0) is 21.0. The number of carboxylic acid groups (broad SMARTS) is 1. The third kappa shape index (κ3) is 11.9. The predicted molar refractivity (Wildman–Crippen MR) is 93.5 cm³/mol. The van der Waals surface area contributed by atoms with Crippen LogP contribution >= 0.6 is 10.7 Å². The Balaban J connectivity index is 0.00000110. The second-order valence-electron chi connectivity index (χ2n) is 6.15. The van der Waals surface area contributed by atoms with Crippen LogP contribution in [0.5, 0.6) is 0 Å². The topological polar surface area (TPSA) is 161 Å². The molecule has 1 amide bonds. The molecule has 0 aromatic carbocycles. The van der Waals surface area contributed by atoms with Crippen LogP contribution in [0.15, 0.2) is 0 Å². The van der Waals surface area contributed by atoms with Gasteiger partial charge in [-0.15, -0.1) is 0 Å². The van der Waals surface area contributed by atoms with E-state index in [1.807, 2.05) is 0 Å². The summed E-state index contributed by atoms with van der Waals surface area (Å²) in [5.74, 6) is -0.495. The number of likely N-dealkylation sites (tertiary alicyclic amines) is 1. The quantitative estimate of drug-likeness (QED) is 0.413. The van der Waals surface area contributed by atoms with Crippen LogP contribution in [0.1, 0.15) is 6.92 Å². The lowest BCUT2D eigenvalue weighted by Gasteiger charge is -2.28. The van der Waals surface area contributed by atoms with Gasteiger partial charge < -0.3 is 10.0 Å². The van der Waals surface area contributed by atoms with Crippen molar-refractivity contribution in [3.63, 3.8) is 0 Å². The lowest BCUT2D eigenvalue weighted by Crippen LogP contribution is -2.36. The maximum atomic E-state index is 11.1. The lowest BCUT2D eigenvalue weighted by molar-refractivity contribution is 0.102. The molecule has 1 heterocycles. The van der Waals surface area contributed by atoms with E-state index < -0.39 is 46.7 Å². The molecule has 1 rings (SSSR count). The molecule has 0 spiro atoms. The molecule has 0 saturated carbocycles. The molecule has 0 bridgehead atoms. The summed E-state index contributed by atoms with van der Waals surface area (Å²) in [5, 5.41) is 9.03. The molecule has 15 heteroatoms. The molecule has 0 aromatic rings. The van der Waals surface area contributed by atoms with Crippen LogP contribution in [-0.2, 0) is 37.7 Å². The Labute approximate surface area is 157 Å². The van der Waals surface area contributed by atoms with Crippen LogP contribution in [0, 0.1) is 11.3 Å². The minimum atomic E-state index is -3.68. The Morgan fingerprint density at radius 3 is 1.88 bits per heavy atom. The molecule has 1 saturated heterocycles. The summed E-state index contributed by atoms with van der Waals surface area (Å²) in [5.41, 5.74) is -0.855. The Bertz CT molecular complexity index is 799. The number of carbonyl (C=O) groups is 1. The highest BCUT2D eigenvalue weighted by Gasteiger charge is 2.46. The highest BCUT2D eigenvalue weighted by atomic mass is 35.7. The highest BCUT2D eigenvalue weighted by Crippen LogP contribution is 2.37. The van der Waals surface area contributed by atoms with E-state index in [0.717, 1.165) is 23.7 Å². The number of amides is 1. The molecular weight excluding hydrogens is 438 g/mol. The zero-order valence-electron chi connectivity index (χ0n) is 14.6. The first kappa shape index (κ1) is 25.3. The van der Waals surface area contributed by atoms with Crippen molar-refractivity contribution in [1.82, 2.24) is 4.90 Å². The summed E-state index contributed by atoms with van der Waals surface area (Å²) in [6.07, 6.45) is 1.54. The van der Waals surface area contributed by atoms with Gasteiger partial charge in [-0.2, -0.15) is 16.8 Å². The van der Waals surface area contributed by atoms with Crippen LogP contribution in [0.3, 0.4) is 0 Å². The summed E-state index contributed by atoms with van der Waals surface area (Å²) in [4.78, 5) is 12.1. The van der Waals surface area contributed by atoms with Crippen LogP contribution in [-0.4, -0.2) is 86.4 Å². The summed E-state index contributed by atoms with van der Waals surface area (Å²) in [6.45, 7) is 1.25. The minimum absolute atomic E-state index is 0.0373. The molecule has 0 aliphatic carbocycles. The van der Waals surface area contributed by atoms with Crippen LogP contribution in [0.4, 0.5) is 4.79 Å². The molecule has 11 nitrogen and oxygen atoms in total. The first-order chi connectivity index (χ1) is 11.3. The summed E-state index contributed by atoms with van der Waals surface area (Å²) >= 11 is 0. The van der Waals surface area contributed by atoms with Crippen molar-refractivity contribution in [3.05, 3.63) is 0 Å². The normalized spacial score (nSPS) is 24.0. The molecule has 0 aromatic heterocycles. The maximum Gasteiger partial charge on any atom is 0.407 e. The average Bonchev–Trinajstić information content (AvgIpc) is 2.69. The highest BCUT2D eigenvalue weighted by molar-refractivity contribution is 8.13. The molecule has 1 fully saturated rings. The first-order valence-electron chi connectivity index (χ1n) is 6.89. The van der Waals surface area contributed by atoms with E-state index in [1.165, 1.54) is 0 Å². The third-order valence-electron chi connectivity index (χ3n) is 3.33. The minimum Gasteiger partial charge on any atom is -0.465 e. The molecule has 1 N–H and O–H groups in total. The molecular formula is C11H22ClNO10S3. The second-order valence-corrected chi connectivity index (χ2v) is 12.5. The number of hydrogen-bond acceptors (Lipinski definition) is 9. The zero-order valence-corrected chi connectivity index (χ0v) is 17.8. The van der Waals surface area contributed by atoms with Crippen LogP contribution in [0.2, 0.25) is 0 Å². The van der Waals surface area contributed by atoms with Gasteiger partial charge in [0.1, 0.15) is 0 Å². The fourth-order valence-corrected chi connectivity index (χ4v) is 3.02. The summed E-state index contributed by atoms with van der Waals surface area (Å²) < 4.78 is 72.5. The number of hydrogen-bond donors (Lipinski definition) is 1. The van der Waals surface area contributed by atoms with E-state index in [9.17, 15) is 30.0 Å². The van der Waals surface area contributed by atoms with E-state index >= 15 is 0 Å². The van der Waals surface area contributed by atoms with Crippen molar-refractivity contribution in [2.45, 2.75) is 6.92 Å². The van der Waals surface area contributed by atoms with Crippen molar-refractivity contribution in [1.29, 1.82) is 0 Å². The van der Waals surface area contributed by atoms with Gasteiger partial charge >= 0.3 is 6.09 Å². The number of rotatable bonds is 6. The van der Waals surface area contributed by atoms with Crippen molar-refractivity contribution < 1.29 is 43.5 Å². The Kier molecular flexibility index (Phi) is 8.78. The van der Waals surface area contributed by atoms with Gasteiger partial charge in [0.05, 0.1) is 32.0 Å².